The minimum Gasteiger partial charge on any atom is -0.491 e. The molecule has 0 radical (unpaired) electrons. The number of hydrogen-bond acceptors (Lipinski definition) is 3. The molecule has 0 aromatic heterocycles. The summed E-state index contributed by atoms with van der Waals surface area (Å²) in [6.07, 6.45) is 1.68. The quantitative estimate of drug-likeness (QED) is 0.772. The molecule has 0 saturated carbocycles. The smallest absolute Gasteiger partial charge is 0.121 e. The van der Waals surface area contributed by atoms with Crippen LogP contribution in [-0.4, -0.2) is 30.4 Å². The van der Waals surface area contributed by atoms with E-state index in [1.165, 1.54) is 0 Å². The molecule has 2 unspecified atom stereocenters. The largest absolute Gasteiger partial charge is 0.491 e. The molecule has 3 nitrogen and oxygen atoms in total. The highest BCUT2D eigenvalue weighted by Gasteiger charge is 2.08. The number of benzene rings is 1. The van der Waals surface area contributed by atoms with Crippen LogP contribution in [0.2, 0.25) is 10.0 Å². The van der Waals surface area contributed by atoms with Gasteiger partial charge in [0.2, 0.25) is 0 Å². The molecule has 0 aliphatic rings. The Morgan fingerprint density at radius 2 is 2.05 bits per heavy atom. The Hall–Kier alpha value is -0.480. The molecular weight excluding hydrogens is 285 g/mol. The lowest BCUT2D eigenvalue weighted by atomic mass is 10.2. The molecule has 0 saturated heterocycles. The number of aliphatic hydroxyl groups excluding tert-OH is 1. The summed E-state index contributed by atoms with van der Waals surface area (Å²) in [4.78, 5) is 0. The summed E-state index contributed by atoms with van der Waals surface area (Å²) in [5, 5.41) is 14.0. The molecular formula is C14H21Cl2NO2. The van der Waals surface area contributed by atoms with Crippen molar-refractivity contribution >= 4 is 23.2 Å². The van der Waals surface area contributed by atoms with Crippen molar-refractivity contribution in [2.45, 2.75) is 38.8 Å². The monoisotopic (exact) mass is 305 g/mol. The van der Waals surface area contributed by atoms with Crippen molar-refractivity contribution in [3.8, 4) is 5.75 Å². The highest BCUT2D eigenvalue weighted by molar-refractivity contribution is 6.42. The van der Waals surface area contributed by atoms with E-state index in [1.807, 2.05) is 0 Å². The maximum atomic E-state index is 9.80. The molecule has 0 bridgehead atoms. The minimum atomic E-state index is -0.547. The molecule has 0 amide bonds. The predicted molar refractivity (Wildman–Crippen MR) is 80.3 cm³/mol. The maximum Gasteiger partial charge on any atom is 0.121 e. The van der Waals surface area contributed by atoms with Gasteiger partial charge >= 0.3 is 0 Å². The van der Waals surface area contributed by atoms with E-state index in [1.54, 1.807) is 18.2 Å². The third-order valence-electron chi connectivity index (χ3n) is 2.76. The summed E-state index contributed by atoms with van der Waals surface area (Å²) >= 11 is 11.7. The van der Waals surface area contributed by atoms with Crippen LogP contribution in [-0.2, 0) is 0 Å². The van der Waals surface area contributed by atoms with Crippen LogP contribution in [0.5, 0.6) is 5.75 Å². The van der Waals surface area contributed by atoms with E-state index in [-0.39, 0.29) is 6.61 Å². The second kappa shape index (κ2) is 8.64. The summed E-state index contributed by atoms with van der Waals surface area (Å²) in [6, 6.07) is 5.45. The summed E-state index contributed by atoms with van der Waals surface area (Å²) in [7, 11) is 0. The molecule has 0 heterocycles. The lowest BCUT2D eigenvalue weighted by Crippen LogP contribution is -2.36. The van der Waals surface area contributed by atoms with E-state index in [2.05, 4.69) is 19.2 Å². The second-order valence-corrected chi connectivity index (χ2v) is 5.45. The third kappa shape index (κ3) is 6.48. The van der Waals surface area contributed by atoms with Crippen LogP contribution in [0.4, 0.5) is 0 Å². The van der Waals surface area contributed by atoms with Crippen molar-refractivity contribution in [3.63, 3.8) is 0 Å². The van der Waals surface area contributed by atoms with Gasteiger partial charge in [-0.25, -0.2) is 0 Å². The van der Waals surface area contributed by atoms with Crippen molar-refractivity contribution in [1.29, 1.82) is 0 Å². The topological polar surface area (TPSA) is 41.5 Å². The lowest BCUT2D eigenvalue weighted by Gasteiger charge is -2.17. The van der Waals surface area contributed by atoms with Gasteiger partial charge in [0.1, 0.15) is 18.5 Å². The zero-order valence-corrected chi connectivity index (χ0v) is 12.8. The molecule has 1 aromatic rings. The first-order valence-corrected chi connectivity index (χ1v) is 7.27. The second-order valence-electron chi connectivity index (χ2n) is 4.64. The lowest BCUT2D eigenvalue weighted by molar-refractivity contribution is 0.104. The van der Waals surface area contributed by atoms with Crippen LogP contribution in [0.1, 0.15) is 26.7 Å². The maximum absolute atomic E-state index is 9.80. The van der Waals surface area contributed by atoms with Gasteiger partial charge in [-0.1, -0.05) is 36.5 Å². The molecule has 1 aromatic carbocycles. The van der Waals surface area contributed by atoms with Crippen molar-refractivity contribution < 1.29 is 9.84 Å². The van der Waals surface area contributed by atoms with Crippen LogP contribution < -0.4 is 10.1 Å². The van der Waals surface area contributed by atoms with Crippen LogP contribution >= 0.6 is 23.2 Å². The number of aliphatic hydroxyl groups is 1. The minimum absolute atomic E-state index is 0.226. The molecule has 2 atom stereocenters. The number of nitrogens with one attached hydrogen (secondary N) is 1. The third-order valence-corrected chi connectivity index (χ3v) is 3.50. The Morgan fingerprint density at radius 3 is 2.68 bits per heavy atom. The Morgan fingerprint density at radius 1 is 1.32 bits per heavy atom. The number of ether oxygens (including phenoxy) is 1. The van der Waals surface area contributed by atoms with Gasteiger partial charge in [0.15, 0.2) is 0 Å². The predicted octanol–water partition coefficient (Wildman–Crippen LogP) is 3.51. The van der Waals surface area contributed by atoms with Crippen molar-refractivity contribution in [3.05, 3.63) is 28.2 Å². The first-order chi connectivity index (χ1) is 9.02. The molecule has 1 rings (SSSR count). The van der Waals surface area contributed by atoms with E-state index in [0.29, 0.717) is 28.4 Å². The molecule has 108 valence electrons. The zero-order chi connectivity index (χ0) is 14.3. The Kier molecular flexibility index (Phi) is 7.54. The molecule has 2 N–H and O–H groups in total. The molecule has 0 aliphatic carbocycles. The molecule has 0 spiro atoms. The molecule has 19 heavy (non-hydrogen) atoms. The zero-order valence-electron chi connectivity index (χ0n) is 11.3. The van der Waals surface area contributed by atoms with Gasteiger partial charge in [-0.05, 0) is 25.5 Å². The van der Waals surface area contributed by atoms with Gasteiger partial charge < -0.3 is 15.2 Å². The molecule has 0 fully saturated rings. The first kappa shape index (κ1) is 16.6. The van der Waals surface area contributed by atoms with Gasteiger partial charge in [0, 0.05) is 18.7 Å². The van der Waals surface area contributed by atoms with Crippen molar-refractivity contribution in [1.82, 2.24) is 5.32 Å². The SMILES string of the molecule is CCCC(C)NCC(O)COc1ccc(Cl)c(Cl)c1. The van der Waals surface area contributed by atoms with Gasteiger partial charge in [-0.15, -0.1) is 0 Å². The van der Waals surface area contributed by atoms with E-state index in [4.69, 9.17) is 27.9 Å². The van der Waals surface area contributed by atoms with E-state index < -0.39 is 6.10 Å². The van der Waals surface area contributed by atoms with Crippen LogP contribution in [0.15, 0.2) is 18.2 Å². The molecule has 0 aliphatic heterocycles. The summed E-state index contributed by atoms with van der Waals surface area (Å²) in [5.74, 6) is 0.607. The fraction of sp³-hybridized carbons (Fsp3) is 0.571. The van der Waals surface area contributed by atoms with E-state index in [0.717, 1.165) is 12.8 Å². The van der Waals surface area contributed by atoms with Gasteiger partial charge in [-0.3, -0.25) is 0 Å². The average Bonchev–Trinajstić information content (AvgIpc) is 2.38. The van der Waals surface area contributed by atoms with Crippen molar-refractivity contribution in [2.75, 3.05) is 13.2 Å². The Bertz CT molecular complexity index is 388. The first-order valence-electron chi connectivity index (χ1n) is 6.52. The average molecular weight is 306 g/mol. The van der Waals surface area contributed by atoms with Gasteiger partial charge in [0.05, 0.1) is 10.0 Å². The number of halogens is 2. The number of rotatable bonds is 8. The summed E-state index contributed by atoms with van der Waals surface area (Å²) in [5.41, 5.74) is 0. The normalized spacial score (nSPS) is 14.2. The van der Waals surface area contributed by atoms with Gasteiger partial charge in [0.25, 0.3) is 0 Å². The van der Waals surface area contributed by atoms with E-state index >= 15 is 0 Å². The Balaban J connectivity index is 2.29. The van der Waals surface area contributed by atoms with Crippen LogP contribution in [0.3, 0.4) is 0 Å². The fourth-order valence-corrected chi connectivity index (χ4v) is 1.98. The summed E-state index contributed by atoms with van der Waals surface area (Å²) in [6.45, 7) is 4.99. The Labute approximate surface area is 124 Å². The summed E-state index contributed by atoms with van der Waals surface area (Å²) < 4.78 is 5.46. The van der Waals surface area contributed by atoms with Gasteiger partial charge in [-0.2, -0.15) is 0 Å². The van der Waals surface area contributed by atoms with Crippen LogP contribution in [0, 0.1) is 0 Å². The standard InChI is InChI=1S/C14H21Cl2NO2/c1-3-4-10(2)17-8-11(18)9-19-12-5-6-13(15)14(16)7-12/h5-7,10-11,17-18H,3-4,8-9H2,1-2H3. The highest BCUT2D eigenvalue weighted by Crippen LogP contribution is 2.26. The van der Waals surface area contributed by atoms with Crippen LogP contribution in [0.25, 0.3) is 0 Å². The number of hydrogen-bond donors (Lipinski definition) is 2. The molecule has 5 heteroatoms. The van der Waals surface area contributed by atoms with E-state index in [9.17, 15) is 5.11 Å². The fourth-order valence-electron chi connectivity index (χ4n) is 1.69. The van der Waals surface area contributed by atoms with Crippen molar-refractivity contribution in [2.24, 2.45) is 0 Å². The highest BCUT2D eigenvalue weighted by atomic mass is 35.5.